The van der Waals surface area contributed by atoms with Gasteiger partial charge in [-0.15, -0.1) is 11.3 Å². The Morgan fingerprint density at radius 2 is 1.82 bits per heavy atom. The number of benzene rings is 2. The fourth-order valence-electron chi connectivity index (χ4n) is 3.83. The van der Waals surface area contributed by atoms with Gasteiger partial charge in [-0.3, -0.25) is 15.1 Å². The average Bonchev–Trinajstić information content (AvgIpc) is 3.36. The summed E-state index contributed by atoms with van der Waals surface area (Å²) < 4.78 is 5.21. The number of nitrogens with zero attached hydrogens (tertiary/aromatic N) is 3. The van der Waals surface area contributed by atoms with Crippen molar-refractivity contribution < 1.29 is 14.3 Å². The molecule has 3 aromatic rings. The minimum atomic E-state index is -0.831. The molecule has 0 bridgehead atoms. The van der Waals surface area contributed by atoms with Gasteiger partial charge in [0.2, 0.25) is 0 Å². The van der Waals surface area contributed by atoms with Crippen LogP contribution in [0.5, 0.6) is 0 Å². The lowest BCUT2D eigenvalue weighted by atomic mass is 10.1. The molecule has 1 aliphatic rings. The number of piperazine rings is 1. The van der Waals surface area contributed by atoms with E-state index in [4.69, 9.17) is 10.5 Å². The van der Waals surface area contributed by atoms with E-state index in [1.807, 2.05) is 35.7 Å². The first-order valence-electron chi connectivity index (χ1n) is 11.2. The van der Waals surface area contributed by atoms with E-state index in [2.05, 4.69) is 22.2 Å². The Labute approximate surface area is 203 Å². The van der Waals surface area contributed by atoms with Gasteiger partial charge in [-0.25, -0.2) is 9.59 Å². The lowest BCUT2D eigenvalue weighted by molar-refractivity contribution is 0.151. The zero-order valence-electron chi connectivity index (χ0n) is 19.1. The number of anilines is 3. The Bertz CT molecular complexity index is 1100. The number of para-hydroxylation sites is 1. The van der Waals surface area contributed by atoms with Gasteiger partial charge in [0.25, 0.3) is 0 Å². The van der Waals surface area contributed by atoms with Crippen LogP contribution in [0.4, 0.5) is 26.7 Å². The van der Waals surface area contributed by atoms with E-state index in [-0.39, 0.29) is 0 Å². The van der Waals surface area contributed by atoms with Crippen molar-refractivity contribution in [3.05, 3.63) is 66.0 Å². The number of ether oxygens (including phenoxy) is 1. The SMILES string of the molecule is CN1CCN(CCN(C(=O)OC(=O)Nc2ccccc2)c2cc(N)ccc2-c2cccs2)CC1. The molecule has 0 aliphatic carbocycles. The fraction of sp³-hybridized carbons (Fsp3) is 0.280. The molecule has 0 radical (unpaired) electrons. The molecular formula is C25H29N5O3S. The Hall–Kier alpha value is -3.40. The third kappa shape index (κ3) is 6.13. The summed E-state index contributed by atoms with van der Waals surface area (Å²) in [7, 11) is 2.10. The summed E-state index contributed by atoms with van der Waals surface area (Å²) in [6.07, 6.45) is -1.58. The molecule has 178 valence electrons. The molecule has 0 unspecified atom stereocenters. The van der Waals surface area contributed by atoms with Crippen molar-refractivity contribution in [1.82, 2.24) is 9.80 Å². The number of amides is 2. The number of carbonyl (C=O) groups is 2. The van der Waals surface area contributed by atoms with Gasteiger partial charge in [-0.2, -0.15) is 0 Å². The molecule has 1 saturated heterocycles. The van der Waals surface area contributed by atoms with E-state index in [1.54, 1.807) is 41.7 Å². The molecule has 0 atom stereocenters. The number of nitrogen functional groups attached to an aromatic ring is 1. The number of likely N-dealkylation sites (N-methyl/N-ethyl adjacent to an activating group) is 1. The van der Waals surface area contributed by atoms with Crippen molar-refractivity contribution in [1.29, 1.82) is 0 Å². The fourth-order valence-corrected chi connectivity index (χ4v) is 4.59. The predicted molar refractivity (Wildman–Crippen MR) is 137 cm³/mol. The van der Waals surface area contributed by atoms with E-state index in [0.717, 1.165) is 36.6 Å². The van der Waals surface area contributed by atoms with Gasteiger partial charge in [-0.1, -0.05) is 24.3 Å². The Morgan fingerprint density at radius 3 is 2.53 bits per heavy atom. The van der Waals surface area contributed by atoms with Gasteiger partial charge < -0.3 is 15.4 Å². The minimum Gasteiger partial charge on any atom is -0.399 e. The van der Waals surface area contributed by atoms with Crippen LogP contribution in [0, 0.1) is 0 Å². The highest BCUT2D eigenvalue weighted by Gasteiger charge is 2.25. The second-order valence-electron chi connectivity index (χ2n) is 8.20. The smallest absolute Gasteiger partial charge is 0.399 e. The monoisotopic (exact) mass is 479 g/mol. The van der Waals surface area contributed by atoms with Gasteiger partial charge in [0, 0.05) is 61.1 Å². The van der Waals surface area contributed by atoms with Crippen LogP contribution in [0.3, 0.4) is 0 Å². The first-order chi connectivity index (χ1) is 16.5. The second-order valence-corrected chi connectivity index (χ2v) is 9.14. The van der Waals surface area contributed by atoms with Crippen molar-refractivity contribution in [3.8, 4) is 10.4 Å². The van der Waals surface area contributed by atoms with E-state index in [1.165, 1.54) is 4.90 Å². The maximum absolute atomic E-state index is 13.3. The van der Waals surface area contributed by atoms with Crippen LogP contribution in [0.1, 0.15) is 0 Å². The van der Waals surface area contributed by atoms with E-state index < -0.39 is 12.2 Å². The van der Waals surface area contributed by atoms with E-state index in [0.29, 0.717) is 30.2 Å². The van der Waals surface area contributed by atoms with Crippen LogP contribution in [0.25, 0.3) is 10.4 Å². The molecule has 1 aromatic heterocycles. The highest BCUT2D eigenvalue weighted by atomic mass is 32.1. The van der Waals surface area contributed by atoms with Crippen molar-refractivity contribution in [2.24, 2.45) is 0 Å². The summed E-state index contributed by atoms with van der Waals surface area (Å²) in [5.74, 6) is 0. The standard InChI is InChI=1S/C25H29N5O3S/c1-28-11-13-29(14-12-28)15-16-30(25(32)33-24(31)27-20-6-3-2-4-7-20)22-18-19(26)9-10-21(22)23-8-5-17-34-23/h2-10,17-18H,11-16,26H2,1H3,(H,27,31). The summed E-state index contributed by atoms with van der Waals surface area (Å²) in [4.78, 5) is 32.8. The Kier molecular flexibility index (Phi) is 7.79. The molecule has 1 fully saturated rings. The number of carbonyl (C=O) groups excluding carboxylic acids is 2. The largest absolute Gasteiger partial charge is 0.423 e. The van der Waals surface area contributed by atoms with Crippen LogP contribution in [-0.4, -0.2) is 68.3 Å². The zero-order valence-corrected chi connectivity index (χ0v) is 20.0. The second kappa shape index (κ2) is 11.1. The molecule has 8 nitrogen and oxygen atoms in total. The number of nitrogens with one attached hydrogen (secondary N) is 1. The Balaban J connectivity index is 1.56. The quantitative estimate of drug-likeness (QED) is 0.402. The van der Waals surface area contributed by atoms with Gasteiger partial charge in [0.15, 0.2) is 0 Å². The van der Waals surface area contributed by atoms with Gasteiger partial charge in [0.05, 0.1) is 5.69 Å². The van der Waals surface area contributed by atoms with Crippen LogP contribution in [-0.2, 0) is 4.74 Å². The maximum atomic E-state index is 13.3. The van der Waals surface area contributed by atoms with Crippen molar-refractivity contribution in [3.63, 3.8) is 0 Å². The molecule has 4 rings (SSSR count). The lowest BCUT2D eigenvalue weighted by Crippen LogP contribution is -2.48. The van der Waals surface area contributed by atoms with Crippen LogP contribution in [0.15, 0.2) is 66.0 Å². The third-order valence-electron chi connectivity index (χ3n) is 5.76. The molecular weight excluding hydrogens is 450 g/mol. The van der Waals surface area contributed by atoms with Crippen LogP contribution in [0.2, 0.25) is 0 Å². The molecule has 2 amide bonds. The van der Waals surface area contributed by atoms with Crippen molar-refractivity contribution in [2.45, 2.75) is 0 Å². The minimum absolute atomic E-state index is 0.364. The summed E-state index contributed by atoms with van der Waals surface area (Å²) in [6.45, 7) is 4.81. The van der Waals surface area contributed by atoms with Crippen LogP contribution < -0.4 is 16.0 Å². The zero-order chi connectivity index (χ0) is 23.9. The summed E-state index contributed by atoms with van der Waals surface area (Å²) in [5.41, 5.74) is 8.67. The maximum Gasteiger partial charge on any atom is 0.423 e. The van der Waals surface area contributed by atoms with Crippen molar-refractivity contribution in [2.75, 3.05) is 62.3 Å². The summed E-state index contributed by atoms with van der Waals surface area (Å²) in [5, 5.41) is 4.58. The molecule has 2 heterocycles. The summed E-state index contributed by atoms with van der Waals surface area (Å²) >= 11 is 1.57. The number of hydrogen-bond donors (Lipinski definition) is 2. The Morgan fingerprint density at radius 1 is 1.06 bits per heavy atom. The highest BCUT2D eigenvalue weighted by molar-refractivity contribution is 7.13. The molecule has 9 heteroatoms. The lowest BCUT2D eigenvalue weighted by Gasteiger charge is -2.34. The topological polar surface area (TPSA) is 91.1 Å². The van der Waals surface area contributed by atoms with E-state index >= 15 is 0 Å². The van der Waals surface area contributed by atoms with Crippen molar-refractivity contribution >= 4 is 40.6 Å². The van der Waals surface area contributed by atoms with E-state index in [9.17, 15) is 9.59 Å². The molecule has 2 aromatic carbocycles. The van der Waals surface area contributed by atoms with Gasteiger partial charge >= 0.3 is 12.2 Å². The van der Waals surface area contributed by atoms with Crippen LogP contribution >= 0.6 is 11.3 Å². The highest BCUT2D eigenvalue weighted by Crippen LogP contribution is 2.35. The average molecular weight is 480 g/mol. The first-order valence-corrected chi connectivity index (χ1v) is 12.1. The molecule has 3 N–H and O–H groups in total. The number of thiophene rings is 1. The molecule has 0 saturated carbocycles. The normalized spacial score (nSPS) is 14.5. The third-order valence-corrected chi connectivity index (χ3v) is 6.66. The first kappa shape index (κ1) is 23.7. The van der Waals surface area contributed by atoms with Gasteiger partial charge in [-0.05, 0) is 48.8 Å². The molecule has 34 heavy (non-hydrogen) atoms. The summed E-state index contributed by atoms with van der Waals surface area (Å²) in [6, 6.07) is 18.3. The molecule has 0 spiro atoms. The number of hydrogen-bond acceptors (Lipinski definition) is 7. The molecule has 1 aliphatic heterocycles. The number of nitrogens with two attached hydrogens (primary N) is 1. The van der Waals surface area contributed by atoms with Gasteiger partial charge in [0.1, 0.15) is 0 Å². The predicted octanol–water partition coefficient (Wildman–Crippen LogP) is 4.42. The number of rotatable bonds is 6.